The highest BCUT2D eigenvalue weighted by molar-refractivity contribution is 5.92. The molecule has 0 radical (unpaired) electrons. The Kier molecular flexibility index (Phi) is 5.48. The van der Waals surface area contributed by atoms with Crippen molar-refractivity contribution in [1.29, 1.82) is 0 Å². The van der Waals surface area contributed by atoms with Crippen LogP contribution in [-0.2, 0) is 9.47 Å². The van der Waals surface area contributed by atoms with Crippen molar-refractivity contribution in [3.63, 3.8) is 0 Å². The summed E-state index contributed by atoms with van der Waals surface area (Å²) in [6.07, 6.45) is 3.77. The molecule has 4 heterocycles. The monoisotopic (exact) mass is 438 g/mol. The van der Waals surface area contributed by atoms with E-state index >= 15 is 0 Å². The summed E-state index contributed by atoms with van der Waals surface area (Å²) in [7, 11) is 0. The van der Waals surface area contributed by atoms with Gasteiger partial charge in [0, 0.05) is 48.3 Å². The molecule has 0 bridgehead atoms. The molecule has 2 aliphatic rings. The van der Waals surface area contributed by atoms with Crippen LogP contribution in [0, 0.1) is 12.7 Å². The van der Waals surface area contributed by atoms with Gasteiger partial charge in [-0.15, -0.1) is 0 Å². The number of carbonyl (C=O) groups is 1. The summed E-state index contributed by atoms with van der Waals surface area (Å²) in [5.41, 5.74) is 2.73. The number of hydrogen-bond donors (Lipinski definition) is 2. The summed E-state index contributed by atoms with van der Waals surface area (Å²) in [6.45, 7) is 4.29. The van der Waals surface area contributed by atoms with Crippen molar-refractivity contribution in [2.75, 3.05) is 37.0 Å². The summed E-state index contributed by atoms with van der Waals surface area (Å²) in [5.74, 6) is 0.486. The third-order valence-corrected chi connectivity index (χ3v) is 5.72. The molecule has 5 rings (SSSR count). The molecule has 0 unspecified atom stereocenters. The number of halogens is 1. The van der Waals surface area contributed by atoms with E-state index in [1.165, 1.54) is 12.3 Å². The smallest absolute Gasteiger partial charge is 0.413 e. The van der Waals surface area contributed by atoms with E-state index in [1.54, 1.807) is 18.3 Å². The first-order valence-corrected chi connectivity index (χ1v) is 10.6. The van der Waals surface area contributed by atoms with Crippen molar-refractivity contribution in [1.82, 2.24) is 9.97 Å². The number of benzene rings is 1. The third-order valence-electron chi connectivity index (χ3n) is 5.72. The molecule has 1 aromatic carbocycles. The van der Waals surface area contributed by atoms with E-state index in [-0.39, 0.29) is 11.9 Å². The van der Waals surface area contributed by atoms with Crippen LogP contribution in [0.5, 0.6) is 5.88 Å². The number of aromatic nitrogens is 2. The summed E-state index contributed by atoms with van der Waals surface area (Å²) in [6, 6.07) is 4.87. The number of hydrogen-bond acceptors (Lipinski definition) is 7. The first-order valence-electron chi connectivity index (χ1n) is 10.6. The largest absolute Gasteiger partial charge is 0.474 e. The highest BCUT2D eigenvalue weighted by Gasteiger charge is 2.20. The lowest BCUT2D eigenvalue weighted by atomic mass is 9.98. The zero-order valence-corrected chi connectivity index (χ0v) is 17.6. The minimum absolute atomic E-state index is 0.165. The maximum Gasteiger partial charge on any atom is 0.413 e. The van der Waals surface area contributed by atoms with Crippen molar-refractivity contribution in [2.45, 2.75) is 25.9 Å². The Hall–Kier alpha value is -3.46. The molecule has 0 atom stereocenters. The number of ether oxygens (including phenoxy) is 3. The lowest BCUT2D eigenvalue weighted by Crippen LogP contribution is -2.28. The van der Waals surface area contributed by atoms with Crippen LogP contribution in [0.4, 0.5) is 20.7 Å². The highest BCUT2D eigenvalue weighted by atomic mass is 19.1. The van der Waals surface area contributed by atoms with Gasteiger partial charge in [0.05, 0.1) is 13.2 Å². The lowest BCUT2D eigenvalue weighted by molar-refractivity contribution is 0.00590. The highest BCUT2D eigenvalue weighted by Crippen LogP contribution is 2.37. The molecule has 8 nitrogen and oxygen atoms in total. The Labute approximate surface area is 184 Å². The van der Waals surface area contributed by atoms with Gasteiger partial charge in [-0.2, -0.15) is 0 Å². The molecule has 1 fully saturated rings. The molecule has 3 aromatic rings. The Morgan fingerprint density at radius 1 is 1.12 bits per heavy atom. The number of amides is 1. The van der Waals surface area contributed by atoms with E-state index in [1.807, 2.05) is 6.92 Å². The Morgan fingerprint density at radius 3 is 2.81 bits per heavy atom. The van der Waals surface area contributed by atoms with Gasteiger partial charge in [-0.3, -0.25) is 5.32 Å². The van der Waals surface area contributed by atoms with Crippen molar-refractivity contribution < 1.29 is 23.4 Å². The summed E-state index contributed by atoms with van der Waals surface area (Å²) in [4.78, 5) is 20.8. The van der Waals surface area contributed by atoms with Crippen LogP contribution in [0.25, 0.3) is 21.9 Å². The number of nitrogens with zero attached hydrogens (tertiary/aromatic N) is 2. The fourth-order valence-electron chi connectivity index (χ4n) is 4.01. The topological polar surface area (TPSA) is 94.6 Å². The standard InChI is InChI=1S/C23H23FN4O4/c1-13-18(12-27-22-21(13)25-4-7-31-22)17-8-14-10-20(26-11-15(14)9-19(17)24)28-23(29)32-16-2-5-30-6-3-16/h8-12,16,25H,2-7H2,1H3,(H,26,28,29). The van der Waals surface area contributed by atoms with Gasteiger partial charge in [-0.1, -0.05) is 0 Å². The minimum atomic E-state index is -0.563. The molecule has 32 heavy (non-hydrogen) atoms. The summed E-state index contributed by atoms with van der Waals surface area (Å²) in [5, 5.41) is 7.29. The Morgan fingerprint density at radius 2 is 1.97 bits per heavy atom. The molecule has 2 N–H and O–H groups in total. The van der Waals surface area contributed by atoms with Crippen molar-refractivity contribution in [3.8, 4) is 17.0 Å². The van der Waals surface area contributed by atoms with Gasteiger partial charge in [0.2, 0.25) is 5.88 Å². The summed E-state index contributed by atoms with van der Waals surface area (Å²) >= 11 is 0. The molecular weight excluding hydrogens is 415 g/mol. The van der Waals surface area contributed by atoms with Crippen LogP contribution in [-0.4, -0.2) is 48.5 Å². The molecule has 0 aliphatic carbocycles. The van der Waals surface area contributed by atoms with E-state index in [0.717, 1.165) is 16.6 Å². The number of nitrogens with one attached hydrogen (secondary N) is 2. The number of anilines is 2. The quantitative estimate of drug-likeness (QED) is 0.630. The van der Waals surface area contributed by atoms with Gasteiger partial charge in [0.25, 0.3) is 0 Å². The van der Waals surface area contributed by atoms with E-state index in [0.29, 0.717) is 67.4 Å². The molecular formula is C23H23FN4O4. The predicted molar refractivity (Wildman–Crippen MR) is 118 cm³/mol. The predicted octanol–water partition coefficient (Wildman–Crippen LogP) is 4.28. The first kappa shape index (κ1) is 20.4. The normalized spacial score (nSPS) is 16.1. The number of fused-ring (bicyclic) bond motifs is 2. The third kappa shape index (κ3) is 4.03. The van der Waals surface area contributed by atoms with Crippen molar-refractivity contribution >= 4 is 28.4 Å². The SMILES string of the molecule is Cc1c(-c2cc3cc(NC(=O)OC4CCOCC4)ncc3cc2F)cnc2c1NCCO2. The Balaban J connectivity index is 1.43. The fraction of sp³-hybridized carbons (Fsp3) is 0.348. The van der Waals surface area contributed by atoms with Crippen LogP contribution in [0.1, 0.15) is 18.4 Å². The van der Waals surface area contributed by atoms with E-state index in [4.69, 9.17) is 14.2 Å². The molecule has 1 amide bonds. The van der Waals surface area contributed by atoms with Crippen molar-refractivity contribution in [3.05, 3.63) is 42.0 Å². The second kappa shape index (κ2) is 8.58. The summed E-state index contributed by atoms with van der Waals surface area (Å²) < 4.78 is 31.3. The van der Waals surface area contributed by atoms with Crippen LogP contribution in [0.15, 0.2) is 30.6 Å². The van der Waals surface area contributed by atoms with Crippen molar-refractivity contribution in [2.24, 2.45) is 0 Å². The molecule has 0 spiro atoms. The van der Waals surface area contributed by atoms with Gasteiger partial charge < -0.3 is 19.5 Å². The molecule has 9 heteroatoms. The number of carbonyl (C=O) groups excluding carboxylic acids is 1. The average molecular weight is 438 g/mol. The number of rotatable bonds is 3. The fourth-order valence-corrected chi connectivity index (χ4v) is 4.01. The van der Waals surface area contributed by atoms with Gasteiger partial charge in [0.15, 0.2) is 0 Å². The second-order valence-corrected chi connectivity index (χ2v) is 7.84. The van der Waals surface area contributed by atoms with E-state index in [2.05, 4.69) is 20.6 Å². The molecule has 0 saturated carbocycles. The number of pyridine rings is 2. The van der Waals surface area contributed by atoms with Crippen LogP contribution < -0.4 is 15.4 Å². The van der Waals surface area contributed by atoms with Crippen LogP contribution in [0.3, 0.4) is 0 Å². The zero-order valence-electron chi connectivity index (χ0n) is 17.6. The minimum Gasteiger partial charge on any atom is -0.474 e. The first-order chi connectivity index (χ1) is 15.6. The molecule has 2 aromatic heterocycles. The molecule has 1 saturated heterocycles. The zero-order chi connectivity index (χ0) is 22.1. The molecule has 166 valence electrons. The molecule has 2 aliphatic heterocycles. The second-order valence-electron chi connectivity index (χ2n) is 7.84. The van der Waals surface area contributed by atoms with E-state index in [9.17, 15) is 9.18 Å². The van der Waals surface area contributed by atoms with Gasteiger partial charge >= 0.3 is 6.09 Å². The van der Waals surface area contributed by atoms with Gasteiger partial charge in [0.1, 0.15) is 30.0 Å². The van der Waals surface area contributed by atoms with Gasteiger partial charge in [-0.05, 0) is 36.1 Å². The lowest BCUT2D eigenvalue weighted by Gasteiger charge is -2.22. The Bertz CT molecular complexity index is 1180. The van der Waals surface area contributed by atoms with Gasteiger partial charge in [-0.25, -0.2) is 19.2 Å². The maximum atomic E-state index is 15.0. The van der Waals surface area contributed by atoms with Crippen LogP contribution >= 0.6 is 0 Å². The van der Waals surface area contributed by atoms with Crippen LogP contribution in [0.2, 0.25) is 0 Å². The average Bonchev–Trinajstić information content (AvgIpc) is 2.80. The maximum absolute atomic E-state index is 15.0. The van der Waals surface area contributed by atoms with E-state index < -0.39 is 6.09 Å².